The lowest BCUT2D eigenvalue weighted by atomic mass is 10.0. The molecule has 0 aliphatic carbocycles. The average molecular weight is 224 g/mol. The summed E-state index contributed by atoms with van der Waals surface area (Å²) in [6, 6.07) is 1.52. The Hall–Kier alpha value is -1.30. The van der Waals surface area contributed by atoms with Crippen LogP contribution in [0.25, 0.3) is 0 Å². The molecule has 0 aromatic carbocycles. The maximum Gasteiger partial charge on any atom is 0.151 e. The molecule has 1 heterocycles. The van der Waals surface area contributed by atoms with Gasteiger partial charge in [0, 0.05) is 23.5 Å². The molecule has 0 saturated heterocycles. The monoisotopic (exact) mass is 224 g/mol. The number of aromatic nitrogens is 1. The van der Waals surface area contributed by atoms with Crippen molar-refractivity contribution in [3.05, 3.63) is 29.6 Å². The molecule has 0 amide bonds. The molecular formula is C11H16N2O3. The van der Waals surface area contributed by atoms with Gasteiger partial charge in [-0.1, -0.05) is 0 Å². The number of aliphatic hydroxyl groups excluding tert-OH is 2. The van der Waals surface area contributed by atoms with Crippen LogP contribution in [0.15, 0.2) is 18.5 Å². The molecule has 5 heteroatoms. The number of aliphatic hydroxyl groups is 2. The lowest BCUT2D eigenvalue weighted by Crippen LogP contribution is -2.23. The van der Waals surface area contributed by atoms with E-state index in [1.807, 2.05) is 0 Å². The fourth-order valence-corrected chi connectivity index (χ4v) is 1.37. The Morgan fingerprint density at radius 2 is 2.25 bits per heavy atom. The minimum absolute atomic E-state index is 0.386. The Morgan fingerprint density at radius 1 is 1.50 bits per heavy atom. The summed E-state index contributed by atoms with van der Waals surface area (Å²) in [7, 11) is 1.77. The zero-order chi connectivity index (χ0) is 12.0. The first-order chi connectivity index (χ1) is 7.69. The maximum absolute atomic E-state index is 10.5. The molecular weight excluding hydrogens is 208 g/mol. The molecule has 0 bridgehead atoms. The second kappa shape index (κ2) is 6.32. The molecule has 2 atom stereocenters. The van der Waals surface area contributed by atoms with Gasteiger partial charge in [0.25, 0.3) is 0 Å². The number of hydrogen-bond acceptors (Lipinski definition) is 5. The summed E-state index contributed by atoms with van der Waals surface area (Å²) in [6.45, 7) is 0.610. The first-order valence-electron chi connectivity index (χ1n) is 5.10. The van der Waals surface area contributed by atoms with E-state index in [9.17, 15) is 15.0 Å². The number of hydrogen-bond donors (Lipinski definition) is 3. The average Bonchev–Trinajstić information content (AvgIpc) is 2.35. The molecule has 88 valence electrons. The molecule has 5 nitrogen and oxygen atoms in total. The number of nitrogens with one attached hydrogen (secondary N) is 1. The van der Waals surface area contributed by atoms with Crippen molar-refractivity contribution in [2.75, 3.05) is 13.6 Å². The summed E-state index contributed by atoms with van der Waals surface area (Å²) in [5, 5.41) is 22.3. The fraction of sp³-hybridized carbons (Fsp3) is 0.455. The zero-order valence-corrected chi connectivity index (χ0v) is 9.13. The van der Waals surface area contributed by atoms with E-state index in [1.54, 1.807) is 7.05 Å². The molecule has 1 rings (SSSR count). The van der Waals surface area contributed by atoms with Crippen molar-refractivity contribution in [1.29, 1.82) is 0 Å². The van der Waals surface area contributed by atoms with Crippen LogP contribution in [0.4, 0.5) is 0 Å². The largest absolute Gasteiger partial charge is 0.390 e. The van der Waals surface area contributed by atoms with Crippen LogP contribution in [0.1, 0.15) is 28.4 Å². The van der Waals surface area contributed by atoms with Gasteiger partial charge < -0.3 is 15.5 Å². The highest BCUT2D eigenvalue weighted by atomic mass is 16.3. The van der Waals surface area contributed by atoms with Gasteiger partial charge >= 0.3 is 0 Å². The van der Waals surface area contributed by atoms with Crippen molar-refractivity contribution in [3.63, 3.8) is 0 Å². The molecule has 0 radical (unpaired) electrons. The van der Waals surface area contributed by atoms with Crippen LogP contribution in [0, 0.1) is 0 Å². The van der Waals surface area contributed by atoms with Gasteiger partial charge in [0.05, 0.1) is 6.10 Å². The van der Waals surface area contributed by atoms with Crippen molar-refractivity contribution in [2.24, 2.45) is 0 Å². The molecule has 0 aliphatic rings. The van der Waals surface area contributed by atoms with E-state index in [0.29, 0.717) is 30.4 Å². The molecule has 0 aliphatic heterocycles. The van der Waals surface area contributed by atoms with E-state index < -0.39 is 12.2 Å². The van der Waals surface area contributed by atoms with Crippen molar-refractivity contribution in [3.8, 4) is 0 Å². The second-order valence-corrected chi connectivity index (χ2v) is 3.57. The number of carbonyl (C=O) groups excluding carboxylic acids is 1. The van der Waals surface area contributed by atoms with Crippen LogP contribution < -0.4 is 5.32 Å². The lowest BCUT2D eigenvalue weighted by Gasteiger charge is -2.17. The van der Waals surface area contributed by atoms with Crippen LogP contribution in [-0.4, -0.2) is 41.2 Å². The molecule has 2 unspecified atom stereocenters. The highest BCUT2D eigenvalue weighted by Crippen LogP contribution is 2.18. The van der Waals surface area contributed by atoms with Crippen LogP contribution in [0.2, 0.25) is 0 Å². The summed E-state index contributed by atoms with van der Waals surface area (Å²) in [5.41, 5.74) is 0.838. The van der Waals surface area contributed by atoms with E-state index >= 15 is 0 Å². The Labute approximate surface area is 94.1 Å². The molecule has 0 saturated carbocycles. The highest BCUT2D eigenvalue weighted by molar-refractivity contribution is 5.74. The second-order valence-electron chi connectivity index (χ2n) is 3.57. The summed E-state index contributed by atoms with van der Waals surface area (Å²) in [4.78, 5) is 14.4. The van der Waals surface area contributed by atoms with Crippen molar-refractivity contribution in [1.82, 2.24) is 10.3 Å². The van der Waals surface area contributed by atoms with E-state index in [2.05, 4.69) is 10.3 Å². The Morgan fingerprint density at radius 3 is 2.88 bits per heavy atom. The number of rotatable bonds is 6. The predicted octanol–water partition coefficient (Wildman–Crippen LogP) is -0.102. The minimum atomic E-state index is -1.01. The fourth-order valence-electron chi connectivity index (χ4n) is 1.37. The minimum Gasteiger partial charge on any atom is -0.390 e. The quantitative estimate of drug-likeness (QED) is 0.588. The van der Waals surface area contributed by atoms with E-state index in [0.717, 1.165) is 0 Å². The predicted molar refractivity (Wildman–Crippen MR) is 59.1 cm³/mol. The molecule has 16 heavy (non-hydrogen) atoms. The topological polar surface area (TPSA) is 82.4 Å². The number of pyridine rings is 1. The van der Waals surface area contributed by atoms with Gasteiger partial charge in [-0.05, 0) is 26.1 Å². The first-order valence-corrected chi connectivity index (χ1v) is 5.10. The SMILES string of the molecule is CNCCC(O)C(O)c1cncc(C=O)c1. The summed E-state index contributed by atoms with van der Waals surface area (Å²) >= 11 is 0. The van der Waals surface area contributed by atoms with Gasteiger partial charge in [0.2, 0.25) is 0 Å². The first kappa shape index (κ1) is 12.8. The molecule has 1 aromatic rings. The summed E-state index contributed by atoms with van der Waals surface area (Å²) in [6.07, 6.45) is 2.06. The maximum atomic E-state index is 10.5. The van der Waals surface area contributed by atoms with Gasteiger partial charge in [-0.15, -0.1) is 0 Å². The van der Waals surface area contributed by atoms with Crippen LogP contribution >= 0.6 is 0 Å². The van der Waals surface area contributed by atoms with E-state index in [4.69, 9.17) is 0 Å². The zero-order valence-electron chi connectivity index (χ0n) is 9.13. The smallest absolute Gasteiger partial charge is 0.151 e. The Balaban J connectivity index is 2.70. The third-order valence-corrected chi connectivity index (χ3v) is 2.31. The van der Waals surface area contributed by atoms with Gasteiger partial charge in [0.15, 0.2) is 6.29 Å². The highest BCUT2D eigenvalue weighted by Gasteiger charge is 2.18. The van der Waals surface area contributed by atoms with Crippen molar-refractivity contribution < 1.29 is 15.0 Å². The van der Waals surface area contributed by atoms with Gasteiger partial charge in [-0.2, -0.15) is 0 Å². The normalized spacial score (nSPS) is 14.4. The van der Waals surface area contributed by atoms with E-state index in [1.165, 1.54) is 18.5 Å². The molecule has 0 spiro atoms. The summed E-state index contributed by atoms with van der Waals surface area (Å²) in [5.74, 6) is 0. The van der Waals surface area contributed by atoms with Crippen LogP contribution in [-0.2, 0) is 0 Å². The molecule has 3 N–H and O–H groups in total. The van der Waals surface area contributed by atoms with Crippen molar-refractivity contribution in [2.45, 2.75) is 18.6 Å². The molecule has 1 aromatic heterocycles. The number of aldehydes is 1. The van der Waals surface area contributed by atoms with Gasteiger partial charge in [0.1, 0.15) is 6.10 Å². The number of carbonyl (C=O) groups is 1. The van der Waals surface area contributed by atoms with Gasteiger partial charge in [-0.25, -0.2) is 0 Å². The van der Waals surface area contributed by atoms with Gasteiger partial charge in [-0.3, -0.25) is 9.78 Å². The van der Waals surface area contributed by atoms with E-state index in [-0.39, 0.29) is 0 Å². The summed E-state index contributed by atoms with van der Waals surface area (Å²) < 4.78 is 0. The standard InChI is InChI=1S/C11H16N2O3/c1-12-3-2-10(15)11(16)9-4-8(7-14)5-13-6-9/h4-7,10-12,15-16H,2-3H2,1H3. The Kier molecular flexibility index (Phi) is 5.04. The Bertz CT molecular complexity index is 344. The lowest BCUT2D eigenvalue weighted by molar-refractivity contribution is 0.0138. The molecule has 0 fully saturated rings. The van der Waals surface area contributed by atoms with Crippen molar-refractivity contribution >= 4 is 6.29 Å². The number of nitrogens with zero attached hydrogens (tertiary/aromatic N) is 1. The third kappa shape index (κ3) is 3.37. The van der Waals surface area contributed by atoms with Crippen LogP contribution in [0.3, 0.4) is 0 Å². The third-order valence-electron chi connectivity index (χ3n) is 2.31. The van der Waals surface area contributed by atoms with Crippen LogP contribution in [0.5, 0.6) is 0 Å².